The van der Waals surface area contributed by atoms with Gasteiger partial charge >= 0.3 is 0 Å². The van der Waals surface area contributed by atoms with Crippen LogP contribution in [0.3, 0.4) is 0 Å². The minimum absolute atomic E-state index is 0.0211. The van der Waals surface area contributed by atoms with Crippen LogP contribution in [-0.4, -0.2) is 23.2 Å². The third kappa shape index (κ3) is 1.70. The maximum absolute atomic E-state index is 10.9. The number of hydrogen-bond acceptors (Lipinski definition) is 2. The van der Waals surface area contributed by atoms with E-state index in [1.807, 2.05) is 13.8 Å². The summed E-state index contributed by atoms with van der Waals surface area (Å²) in [5, 5.41) is 11.6. The summed E-state index contributed by atoms with van der Waals surface area (Å²) in [5.41, 5.74) is 0. The first-order chi connectivity index (χ1) is 4.61. The summed E-state index contributed by atoms with van der Waals surface area (Å²) in [6, 6.07) is 0.0369. The van der Waals surface area contributed by atoms with Crippen molar-refractivity contribution in [3.63, 3.8) is 0 Å². The number of carbonyl (C=O) groups excluding carboxylic acids is 1. The van der Waals surface area contributed by atoms with Gasteiger partial charge < -0.3 is 10.4 Å². The number of aliphatic hydroxyl groups excluding tert-OH is 1. The van der Waals surface area contributed by atoms with Gasteiger partial charge in [-0.25, -0.2) is 0 Å². The Balaban J connectivity index is 2.20. The average molecular weight is 143 g/mol. The fraction of sp³-hybridized carbons (Fsp3) is 0.857. The Labute approximate surface area is 60.4 Å². The van der Waals surface area contributed by atoms with Crippen LogP contribution in [0.1, 0.15) is 20.3 Å². The van der Waals surface area contributed by atoms with Gasteiger partial charge in [-0.3, -0.25) is 4.79 Å². The molecule has 1 fully saturated rings. The number of carbonyl (C=O) groups is 1. The topological polar surface area (TPSA) is 49.3 Å². The Bertz CT molecular complexity index is 145. The van der Waals surface area contributed by atoms with Crippen molar-refractivity contribution < 1.29 is 9.90 Å². The maximum atomic E-state index is 10.9. The van der Waals surface area contributed by atoms with Crippen LogP contribution in [0.4, 0.5) is 0 Å². The number of aliphatic hydroxyl groups is 1. The van der Waals surface area contributed by atoms with Gasteiger partial charge in [-0.15, -0.1) is 0 Å². The van der Waals surface area contributed by atoms with Gasteiger partial charge in [0.1, 0.15) is 0 Å². The number of amides is 1. The first-order valence-electron chi connectivity index (χ1n) is 3.59. The molecule has 2 atom stereocenters. The highest BCUT2D eigenvalue weighted by Gasteiger charge is 2.36. The second-order valence-corrected chi connectivity index (χ2v) is 3.07. The quantitative estimate of drug-likeness (QED) is 0.566. The second kappa shape index (κ2) is 2.58. The van der Waals surface area contributed by atoms with E-state index in [4.69, 9.17) is 5.11 Å². The normalized spacial score (nSPS) is 30.4. The maximum Gasteiger partial charge on any atom is 0.222 e. The van der Waals surface area contributed by atoms with E-state index >= 15 is 0 Å². The molecule has 0 unspecified atom stereocenters. The van der Waals surface area contributed by atoms with Crippen molar-refractivity contribution in [2.45, 2.75) is 32.4 Å². The monoisotopic (exact) mass is 143 g/mol. The SMILES string of the molecule is CC(C)C(=O)N[C@H]1C[C@@H]1O. The van der Waals surface area contributed by atoms with Crippen LogP contribution in [-0.2, 0) is 4.79 Å². The molecule has 0 aromatic rings. The highest BCUT2D eigenvalue weighted by Crippen LogP contribution is 2.20. The minimum atomic E-state index is -0.289. The summed E-state index contributed by atoms with van der Waals surface area (Å²) in [5.74, 6) is 0.0503. The lowest BCUT2D eigenvalue weighted by molar-refractivity contribution is -0.124. The summed E-state index contributed by atoms with van der Waals surface area (Å²) in [6.45, 7) is 3.67. The van der Waals surface area contributed by atoms with Crippen LogP contribution in [0.5, 0.6) is 0 Å². The summed E-state index contributed by atoms with van der Waals surface area (Å²) in [6.07, 6.45) is 0.432. The predicted molar refractivity (Wildman–Crippen MR) is 37.4 cm³/mol. The van der Waals surface area contributed by atoms with E-state index in [1.165, 1.54) is 0 Å². The highest BCUT2D eigenvalue weighted by atomic mass is 16.3. The molecule has 0 heterocycles. The van der Waals surface area contributed by atoms with Gasteiger partial charge in [-0.1, -0.05) is 13.8 Å². The molecule has 0 saturated heterocycles. The zero-order valence-electron chi connectivity index (χ0n) is 6.29. The van der Waals surface area contributed by atoms with Gasteiger partial charge in [0.15, 0.2) is 0 Å². The lowest BCUT2D eigenvalue weighted by Crippen LogP contribution is -2.31. The Hall–Kier alpha value is -0.570. The van der Waals surface area contributed by atoms with Crippen molar-refractivity contribution in [3.05, 3.63) is 0 Å². The van der Waals surface area contributed by atoms with Crippen molar-refractivity contribution in [2.75, 3.05) is 0 Å². The summed E-state index contributed by atoms with van der Waals surface area (Å²) < 4.78 is 0. The van der Waals surface area contributed by atoms with Gasteiger partial charge in [0.05, 0.1) is 12.1 Å². The molecule has 3 heteroatoms. The molecule has 1 saturated carbocycles. The Kier molecular flexibility index (Phi) is 1.94. The number of rotatable bonds is 2. The first kappa shape index (κ1) is 7.54. The smallest absolute Gasteiger partial charge is 0.222 e. The molecule has 3 nitrogen and oxygen atoms in total. The van der Waals surface area contributed by atoms with E-state index in [1.54, 1.807) is 0 Å². The predicted octanol–water partition coefficient (Wildman–Crippen LogP) is -0.108. The molecular formula is C7H13NO2. The molecule has 0 aromatic carbocycles. The fourth-order valence-electron chi connectivity index (χ4n) is 0.686. The van der Waals surface area contributed by atoms with E-state index in [9.17, 15) is 4.79 Å². The molecule has 0 aliphatic heterocycles. The second-order valence-electron chi connectivity index (χ2n) is 3.07. The zero-order valence-corrected chi connectivity index (χ0v) is 6.29. The number of hydrogen-bond donors (Lipinski definition) is 2. The molecule has 0 bridgehead atoms. The molecule has 10 heavy (non-hydrogen) atoms. The fourth-order valence-corrected chi connectivity index (χ4v) is 0.686. The molecular weight excluding hydrogens is 130 g/mol. The van der Waals surface area contributed by atoms with Gasteiger partial charge in [0, 0.05) is 5.92 Å². The van der Waals surface area contributed by atoms with Gasteiger partial charge in [0.25, 0.3) is 0 Å². The van der Waals surface area contributed by atoms with Crippen molar-refractivity contribution in [1.29, 1.82) is 0 Å². The number of nitrogens with one attached hydrogen (secondary N) is 1. The lowest BCUT2D eigenvalue weighted by atomic mass is 10.2. The van der Waals surface area contributed by atoms with Crippen LogP contribution >= 0.6 is 0 Å². The van der Waals surface area contributed by atoms with Crippen molar-refractivity contribution in [3.8, 4) is 0 Å². The summed E-state index contributed by atoms with van der Waals surface area (Å²) in [7, 11) is 0. The van der Waals surface area contributed by atoms with Crippen molar-refractivity contribution in [1.82, 2.24) is 5.32 Å². The van der Waals surface area contributed by atoms with E-state index < -0.39 is 0 Å². The Morgan fingerprint density at radius 2 is 2.20 bits per heavy atom. The van der Waals surface area contributed by atoms with Crippen molar-refractivity contribution in [2.24, 2.45) is 5.92 Å². The molecule has 1 aliphatic carbocycles. The van der Waals surface area contributed by atoms with Crippen molar-refractivity contribution >= 4 is 5.91 Å². The molecule has 1 aliphatic rings. The van der Waals surface area contributed by atoms with Gasteiger partial charge in [0.2, 0.25) is 5.91 Å². The van der Waals surface area contributed by atoms with Crippen LogP contribution < -0.4 is 5.32 Å². The molecule has 1 amide bonds. The Morgan fingerprint density at radius 3 is 2.50 bits per heavy atom. The van der Waals surface area contributed by atoms with Gasteiger partial charge in [-0.05, 0) is 6.42 Å². The van der Waals surface area contributed by atoms with Crippen LogP contribution in [0, 0.1) is 5.92 Å². The largest absolute Gasteiger partial charge is 0.391 e. The van der Waals surface area contributed by atoms with Crippen LogP contribution in [0.2, 0.25) is 0 Å². The van der Waals surface area contributed by atoms with Crippen LogP contribution in [0.15, 0.2) is 0 Å². The Morgan fingerprint density at radius 1 is 1.70 bits per heavy atom. The third-order valence-electron chi connectivity index (χ3n) is 1.61. The molecule has 0 spiro atoms. The standard InChI is InChI=1S/C7H13NO2/c1-4(2)7(10)8-5-3-6(5)9/h4-6,9H,3H2,1-2H3,(H,8,10)/t5-,6-/m0/s1. The molecule has 0 radical (unpaired) electrons. The van der Waals surface area contributed by atoms with Crippen LogP contribution in [0.25, 0.3) is 0 Å². The van der Waals surface area contributed by atoms with E-state index in [2.05, 4.69) is 5.32 Å². The summed E-state index contributed by atoms with van der Waals surface area (Å²) >= 11 is 0. The summed E-state index contributed by atoms with van der Waals surface area (Å²) in [4.78, 5) is 10.9. The molecule has 1 rings (SSSR count). The zero-order chi connectivity index (χ0) is 7.72. The lowest BCUT2D eigenvalue weighted by Gasteiger charge is -2.04. The van der Waals surface area contributed by atoms with E-state index in [0.717, 1.165) is 6.42 Å². The molecule has 0 aromatic heterocycles. The van der Waals surface area contributed by atoms with E-state index in [-0.39, 0.29) is 24.0 Å². The minimum Gasteiger partial charge on any atom is -0.391 e. The third-order valence-corrected chi connectivity index (χ3v) is 1.61. The van der Waals surface area contributed by atoms with E-state index in [0.29, 0.717) is 0 Å². The highest BCUT2D eigenvalue weighted by molar-refractivity contribution is 5.78. The van der Waals surface area contributed by atoms with Gasteiger partial charge in [-0.2, -0.15) is 0 Å². The average Bonchev–Trinajstić information content (AvgIpc) is 2.46. The molecule has 58 valence electrons. The molecule has 2 N–H and O–H groups in total. The first-order valence-corrected chi connectivity index (χ1v) is 3.59.